The summed E-state index contributed by atoms with van der Waals surface area (Å²) in [6.45, 7) is 3.03. The molecule has 2 N–H and O–H groups in total. The van der Waals surface area contributed by atoms with Gasteiger partial charge in [-0.25, -0.2) is 4.79 Å². The van der Waals surface area contributed by atoms with Crippen molar-refractivity contribution in [3.05, 3.63) is 57.3 Å². The van der Waals surface area contributed by atoms with Crippen LogP contribution in [-0.2, 0) is 16.8 Å². The second-order valence-corrected chi connectivity index (χ2v) is 6.70. The molecule has 2 heterocycles. The first kappa shape index (κ1) is 16.7. The van der Waals surface area contributed by atoms with Crippen molar-refractivity contribution < 1.29 is 19.4 Å². The Morgan fingerprint density at radius 2 is 2.17 bits per heavy atom. The number of rotatable bonds is 5. The van der Waals surface area contributed by atoms with Crippen LogP contribution in [-0.4, -0.2) is 30.1 Å². The number of hydrogen-bond donors (Lipinski definition) is 2. The van der Waals surface area contributed by atoms with Gasteiger partial charge >= 0.3 is 5.97 Å². The third-order valence-electron chi connectivity index (χ3n) is 4.43. The van der Waals surface area contributed by atoms with Gasteiger partial charge in [-0.2, -0.15) is 0 Å². The molecule has 126 valence electrons. The zero-order valence-corrected chi connectivity index (χ0v) is 14.2. The summed E-state index contributed by atoms with van der Waals surface area (Å²) in [6.07, 6.45) is 1.62. The summed E-state index contributed by atoms with van der Waals surface area (Å²) in [4.78, 5) is 23.7. The first-order valence-corrected chi connectivity index (χ1v) is 8.76. The van der Waals surface area contributed by atoms with Crippen LogP contribution in [0.5, 0.6) is 0 Å². The van der Waals surface area contributed by atoms with Crippen LogP contribution in [0.25, 0.3) is 0 Å². The lowest BCUT2D eigenvalue weighted by atomic mass is 9.84. The topological polar surface area (TPSA) is 75.6 Å². The van der Waals surface area contributed by atoms with Gasteiger partial charge in [0.15, 0.2) is 0 Å². The summed E-state index contributed by atoms with van der Waals surface area (Å²) in [5.74, 6) is -1.30. The number of aromatic carboxylic acids is 1. The molecule has 1 aromatic heterocycles. The molecule has 5 nitrogen and oxygen atoms in total. The summed E-state index contributed by atoms with van der Waals surface area (Å²) < 4.78 is 6.07. The van der Waals surface area contributed by atoms with Gasteiger partial charge in [0.1, 0.15) is 5.60 Å². The van der Waals surface area contributed by atoms with E-state index in [0.717, 1.165) is 29.7 Å². The molecule has 0 saturated carbocycles. The van der Waals surface area contributed by atoms with Crippen LogP contribution in [0.3, 0.4) is 0 Å². The predicted octanol–water partition coefficient (Wildman–Crippen LogP) is 3.05. The van der Waals surface area contributed by atoms with E-state index in [9.17, 15) is 9.59 Å². The van der Waals surface area contributed by atoms with Crippen molar-refractivity contribution in [1.82, 2.24) is 5.32 Å². The van der Waals surface area contributed by atoms with E-state index in [1.807, 2.05) is 19.1 Å². The van der Waals surface area contributed by atoms with Gasteiger partial charge in [0.25, 0.3) is 5.91 Å². The van der Waals surface area contributed by atoms with Gasteiger partial charge in [-0.3, -0.25) is 4.79 Å². The lowest BCUT2D eigenvalue weighted by molar-refractivity contribution is -0.0606. The van der Waals surface area contributed by atoms with Crippen LogP contribution in [0.2, 0.25) is 0 Å². The van der Waals surface area contributed by atoms with Crippen LogP contribution in [0.4, 0.5) is 0 Å². The molecule has 3 rings (SSSR count). The summed E-state index contributed by atoms with van der Waals surface area (Å²) in [7, 11) is 0. The SMILES string of the molecule is CCC1(CNC(=O)c2cc(C(=O)O)cs2)OCCc2ccccc21. The molecular formula is C18H19NO4S. The molecule has 1 aliphatic rings. The van der Waals surface area contributed by atoms with Crippen LogP contribution >= 0.6 is 11.3 Å². The smallest absolute Gasteiger partial charge is 0.336 e. The minimum atomic E-state index is -1.03. The Kier molecular flexibility index (Phi) is 4.69. The molecule has 2 aromatic rings. The molecule has 1 amide bonds. The van der Waals surface area contributed by atoms with E-state index < -0.39 is 11.6 Å². The number of ether oxygens (including phenoxy) is 1. The van der Waals surface area contributed by atoms with Crippen LogP contribution in [0.15, 0.2) is 35.7 Å². The molecular weight excluding hydrogens is 326 g/mol. The fourth-order valence-corrected chi connectivity index (χ4v) is 3.86. The number of carbonyl (C=O) groups is 2. The highest BCUT2D eigenvalue weighted by Crippen LogP contribution is 2.35. The Hall–Kier alpha value is -2.18. The Morgan fingerprint density at radius 1 is 1.38 bits per heavy atom. The first-order chi connectivity index (χ1) is 11.6. The van der Waals surface area contributed by atoms with Gasteiger partial charge < -0.3 is 15.2 Å². The normalized spacial score (nSPS) is 19.5. The minimum absolute atomic E-state index is 0.134. The fraction of sp³-hybridized carbons (Fsp3) is 0.333. The van der Waals surface area contributed by atoms with E-state index in [4.69, 9.17) is 9.84 Å². The van der Waals surface area contributed by atoms with E-state index in [0.29, 0.717) is 18.0 Å². The van der Waals surface area contributed by atoms with Gasteiger partial charge in [-0.05, 0) is 30.0 Å². The Bertz CT molecular complexity index is 770. The number of thiophene rings is 1. The molecule has 0 aliphatic carbocycles. The van der Waals surface area contributed by atoms with Crippen LogP contribution in [0, 0.1) is 0 Å². The summed E-state index contributed by atoms with van der Waals surface area (Å²) in [5, 5.41) is 13.3. The van der Waals surface area contributed by atoms with Crippen molar-refractivity contribution >= 4 is 23.2 Å². The number of amides is 1. The molecule has 1 unspecified atom stereocenters. The van der Waals surface area contributed by atoms with Crippen molar-refractivity contribution in [3.63, 3.8) is 0 Å². The zero-order chi connectivity index (χ0) is 17.2. The van der Waals surface area contributed by atoms with Gasteiger partial charge in [0.2, 0.25) is 0 Å². The van der Waals surface area contributed by atoms with Crippen molar-refractivity contribution in [2.24, 2.45) is 0 Å². The largest absolute Gasteiger partial charge is 0.478 e. The van der Waals surface area contributed by atoms with Crippen LogP contribution < -0.4 is 5.32 Å². The quantitative estimate of drug-likeness (QED) is 0.873. The molecule has 0 spiro atoms. The van der Waals surface area contributed by atoms with E-state index in [-0.39, 0.29) is 11.5 Å². The van der Waals surface area contributed by atoms with E-state index in [1.54, 1.807) is 0 Å². The molecule has 0 fully saturated rings. The standard InChI is InChI=1S/C18H19NO4S/c1-2-18(14-6-4-3-5-12(14)7-8-23-18)11-19-16(20)15-9-13(10-24-15)17(21)22/h3-6,9-10H,2,7-8,11H2,1H3,(H,19,20)(H,21,22). The first-order valence-electron chi connectivity index (χ1n) is 7.88. The molecule has 0 bridgehead atoms. The van der Waals surface area contributed by atoms with Gasteiger partial charge in [0.05, 0.1) is 23.6 Å². The lowest BCUT2D eigenvalue weighted by Crippen LogP contribution is -2.45. The van der Waals surface area contributed by atoms with E-state index in [2.05, 4.69) is 17.4 Å². The molecule has 1 atom stereocenters. The average molecular weight is 345 g/mol. The highest BCUT2D eigenvalue weighted by Gasteiger charge is 2.36. The fourth-order valence-electron chi connectivity index (χ4n) is 3.06. The lowest BCUT2D eigenvalue weighted by Gasteiger charge is -2.38. The maximum atomic E-state index is 12.3. The van der Waals surface area contributed by atoms with Crippen molar-refractivity contribution in [3.8, 4) is 0 Å². The number of carboxylic acids is 1. The summed E-state index contributed by atoms with van der Waals surface area (Å²) in [6, 6.07) is 9.55. The monoisotopic (exact) mass is 345 g/mol. The number of carbonyl (C=O) groups excluding carboxylic acids is 1. The molecule has 0 saturated heterocycles. The van der Waals surface area contributed by atoms with Crippen LogP contribution in [0.1, 0.15) is 44.5 Å². The van der Waals surface area contributed by atoms with Crippen molar-refractivity contribution in [2.75, 3.05) is 13.2 Å². The average Bonchev–Trinajstić information content (AvgIpc) is 3.10. The molecule has 0 radical (unpaired) electrons. The molecule has 1 aromatic carbocycles. The number of hydrogen-bond acceptors (Lipinski definition) is 4. The Balaban J connectivity index is 1.77. The van der Waals surface area contributed by atoms with Gasteiger partial charge in [-0.1, -0.05) is 31.2 Å². The zero-order valence-electron chi connectivity index (χ0n) is 13.4. The third-order valence-corrected chi connectivity index (χ3v) is 5.36. The Morgan fingerprint density at radius 3 is 2.88 bits per heavy atom. The minimum Gasteiger partial charge on any atom is -0.478 e. The second kappa shape index (κ2) is 6.75. The second-order valence-electron chi connectivity index (χ2n) is 5.79. The number of benzene rings is 1. The van der Waals surface area contributed by atoms with Gasteiger partial charge in [-0.15, -0.1) is 11.3 Å². The van der Waals surface area contributed by atoms with E-state index >= 15 is 0 Å². The Labute approximate surface area is 144 Å². The highest BCUT2D eigenvalue weighted by atomic mass is 32.1. The number of nitrogens with one attached hydrogen (secondary N) is 1. The maximum Gasteiger partial charge on any atom is 0.336 e. The molecule has 6 heteroatoms. The highest BCUT2D eigenvalue weighted by molar-refractivity contribution is 7.12. The summed E-state index contributed by atoms with van der Waals surface area (Å²) >= 11 is 1.13. The predicted molar refractivity (Wildman–Crippen MR) is 91.7 cm³/mol. The van der Waals surface area contributed by atoms with Crippen molar-refractivity contribution in [2.45, 2.75) is 25.4 Å². The van der Waals surface area contributed by atoms with Gasteiger partial charge in [0, 0.05) is 5.38 Å². The third kappa shape index (κ3) is 3.07. The van der Waals surface area contributed by atoms with E-state index in [1.165, 1.54) is 17.0 Å². The molecule has 24 heavy (non-hydrogen) atoms. The number of fused-ring (bicyclic) bond motifs is 1. The molecule has 1 aliphatic heterocycles. The summed E-state index contributed by atoms with van der Waals surface area (Å²) in [5.41, 5.74) is 1.98. The number of carboxylic acid groups (broad SMARTS) is 1. The maximum absolute atomic E-state index is 12.3. The van der Waals surface area contributed by atoms with Crippen molar-refractivity contribution in [1.29, 1.82) is 0 Å².